The molecular weight excluding hydrogens is 155 g/mol. The summed E-state index contributed by atoms with van der Waals surface area (Å²) in [5.74, 6) is -2.75. The summed E-state index contributed by atoms with van der Waals surface area (Å²) in [4.78, 5) is 0. The molecule has 11 heavy (non-hydrogen) atoms. The first-order chi connectivity index (χ1) is 4.66. The van der Waals surface area contributed by atoms with Crippen LogP contribution in [0.1, 0.15) is 26.7 Å². The molecule has 0 atom stereocenters. The topological polar surface area (TPSA) is 26.0 Å². The second-order valence-corrected chi connectivity index (χ2v) is 3.84. The third kappa shape index (κ3) is 1.36. The van der Waals surface area contributed by atoms with Crippen LogP contribution in [-0.4, -0.2) is 17.1 Å². The summed E-state index contributed by atoms with van der Waals surface area (Å²) < 4.78 is 37.7. The van der Waals surface area contributed by atoms with E-state index in [1.807, 2.05) is 0 Å². The lowest BCUT2D eigenvalue weighted by atomic mass is 9.66. The first-order valence-corrected chi connectivity index (χ1v) is 3.52. The van der Waals surface area contributed by atoms with Crippen LogP contribution in [0.15, 0.2) is 0 Å². The van der Waals surface area contributed by atoms with Crippen molar-refractivity contribution in [3.8, 4) is 0 Å². The molecule has 0 spiro atoms. The first kappa shape index (κ1) is 8.84. The molecule has 0 aromatic rings. The van der Waals surface area contributed by atoms with E-state index >= 15 is 0 Å². The van der Waals surface area contributed by atoms with E-state index in [-0.39, 0.29) is 0 Å². The molecule has 1 aliphatic carbocycles. The van der Waals surface area contributed by atoms with E-state index in [2.05, 4.69) is 0 Å². The van der Waals surface area contributed by atoms with Crippen molar-refractivity contribution in [3.05, 3.63) is 0 Å². The molecule has 0 aromatic heterocycles. The molecule has 0 bridgehead atoms. The molecular formula is C7H12F3N. The van der Waals surface area contributed by atoms with E-state index < -0.39 is 30.0 Å². The van der Waals surface area contributed by atoms with Crippen LogP contribution in [0.5, 0.6) is 0 Å². The Morgan fingerprint density at radius 3 is 1.73 bits per heavy atom. The van der Waals surface area contributed by atoms with Gasteiger partial charge in [0.05, 0.1) is 5.54 Å². The molecule has 0 aromatic carbocycles. The van der Waals surface area contributed by atoms with Crippen LogP contribution >= 0.6 is 0 Å². The molecule has 1 aliphatic rings. The van der Waals surface area contributed by atoms with Gasteiger partial charge in [-0.15, -0.1) is 0 Å². The molecule has 1 fully saturated rings. The normalized spacial score (nSPS) is 27.8. The Morgan fingerprint density at radius 1 is 1.27 bits per heavy atom. The molecule has 4 heteroatoms. The van der Waals surface area contributed by atoms with E-state index in [1.54, 1.807) is 0 Å². The largest absolute Gasteiger partial charge is 0.322 e. The van der Waals surface area contributed by atoms with Gasteiger partial charge in [0.1, 0.15) is 5.67 Å². The molecule has 66 valence electrons. The van der Waals surface area contributed by atoms with Gasteiger partial charge in [-0.3, -0.25) is 0 Å². The maximum Gasteiger partial charge on any atom is 0.251 e. The maximum atomic E-state index is 13.1. The third-order valence-corrected chi connectivity index (χ3v) is 2.33. The van der Waals surface area contributed by atoms with Crippen molar-refractivity contribution in [1.82, 2.24) is 0 Å². The van der Waals surface area contributed by atoms with Crippen LogP contribution in [-0.2, 0) is 0 Å². The first-order valence-electron chi connectivity index (χ1n) is 3.52. The predicted octanol–water partition coefficient (Wildman–Crippen LogP) is 1.86. The van der Waals surface area contributed by atoms with Gasteiger partial charge in [0, 0.05) is 12.8 Å². The zero-order chi connectivity index (χ0) is 8.91. The average molecular weight is 167 g/mol. The Labute approximate surface area is 63.8 Å². The predicted molar refractivity (Wildman–Crippen MR) is 36.3 cm³/mol. The molecule has 0 saturated heterocycles. The second-order valence-electron chi connectivity index (χ2n) is 3.84. The number of halogens is 3. The Hall–Kier alpha value is -0.250. The molecule has 0 aliphatic heterocycles. The third-order valence-electron chi connectivity index (χ3n) is 2.33. The summed E-state index contributed by atoms with van der Waals surface area (Å²) >= 11 is 0. The Kier molecular flexibility index (Phi) is 1.54. The standard InChI is InChI=1S/C7H12F3N/c1-5(2,8)6(11)3-7(9,10)4-6/h3-4,11H2,1-2H3. The van der Waals surface area contributed by atoms with Gasteiger partial charge >= 0.3 is 0 Å². The molecule has 2 N–H and O–H groups in total. The second kappa shape index (κ2) is 1.91. The van der Waals surface area contributed by atoms with Crippen LogP contribution in [0.4, 0.5) is 13.2 Å². The van der Waals surface area contributed by atoms with Crippen molar-refractivity contribution in [3.63, 3.8) is 0 Å². The minimum Gasteiger partial charge on any atom is -0.322 e. The highest BCUT2D eigenvalue weighted by atomic mass is 19.3. The van der Waals surface area contributed by atoms with Crippen LogP contribution < -0.4 is 5.73 Å². The lowest BCUT2D eigenvalue weighted by Gasteiger charge is -2.50. The molecule has 1 nitrogen and oxygen atoms in total. The zero-order valence-electron chi connectivity index (χ0n) is 6.63. The van der Waals surface area contributed by atoms with Crippen molar-refractivity contribution >= 4 is 0 Å². The fraction of sp³-hybridized carbons (Fsp3) is 1.00. The SMILES string of the molecule is CC(C)(F)C1(N)CC(F)(F)C1. The Balaban J connectivity index is 2.64. The summed E-state index contributed by atoms with van der Waals surface area (Å²) in [5.41, 5.74) is 2.36. The fourth-order valence-corrected chi connectivity index (χ4v) is 1.29. The van der Waals surface area contributed by atoms with Gasteiger partial charge in [-0.1, -0.05) is 0 Å². The highest BCUT2D eigenvalue weighted by molar-refractivity contribution is 5.12. The number of alkyl halides is 3. The van der Waals surface area contributed by atoms with Crippen molar-refractivity contribution in [2.75, 3.05) is 0 Å². The van der Waals surface area contributed by atoms with Crippen molar-refractivity contribution in [1.29, 1.82) is 0 Å². The Bertz CT molecular complexity index is 163. The van der Waals surface area contributed by atoms with Crippen molar-refractivity contribution in [2.24, 2.45) is 5.73 Å². The number of hydrogen-bond donors (Lipinski definition) is 1. The monoisotopic (exact) mass is 167 g/mol. The molecule has 1 rings (SSSR count). The minimum absolute atomic E-state index is 0.538. The Morgan fingerprint density at radius 2 is 1.64 bits per heavy atom. The highest BCUT2D eigenvalue weighted by Gasteiger charge is 2.61. The minimum atomic E-state index is -2.75. The van der Waals surface area contributed by atoms with E-state index in [4.69, 9.17) is 5.73 Å². The zero-order valence-corrected chi connectivity index (χ0v) is 6.63. The van der Waals surface area contributed by atoms with Gasteiger partial charge in [-0.2, -0.15) is 0 Å². The van der Waals surface area contributed by atoms with Crippen molar-refractivity contribution < 1.29 is 13.2 Å². The summed E-state index contributed by atoms with van der Waals surface area (Å²) in [7, 11) is 0. The van der Waals surface area contributed by atoms with Crippen molar-refractivity contribution in [2.45, 2.75) is 43.8 Å². The highest BCUT2D eigenvalue weighted by Crippen LogP contribution is 2.50. The molecule has 1 saturated carbocycles. The van der Waals surface area contributed by atoms with Gasteiger partial charge in [-0.05, 0) is 13.8 Å². The fourth-order valence-electron chi connectivity index (χ4n) is 1.29. The quantitative estimate of drug-likeness (QED) is 0.633. The van der Waals surface area contributed by atoms with Crippen LogP contribution in [0.3, 0.4) is 0 Å². The van der Waals surface area contributed by atoms with Gasteiger partial charge in [0.25, 0.3) is 5.92 Å². The number of hydrogen-bond acceptors (Lipinski definition) is 1. The summed E-state index contributed by atoms with van der Waals surface area (Å²) in [6.45, 7) is 2.48. The van der Waals surface area contributed by atoms with Crippen LogP contribution in [0, 0.1) is 0 Å². The van der Waals surface area contributed by atoms with E-state index in [9.17, 15) is 13.2 Å². The molecule has 0 unspecified atom stereocenters. The van der Waals surface area contributed by atoms with Crippen LogP contribution in [0.2, 0.25) is 0 Å². The maximum absolute atomic E-state index is 13.1. The van der Waals surface area contributed by atoms with E-state index in [0.717, 1.165) is 0 Å². The van der Waals surface area contributed by atoms with Gasteiger partial charge in [0.2, 0.25) is 0 Å². The van der Waals surface area contributed by atoms with Gasteiger partial charge in [-0.25, -0.2) is 13.2 Å². The van der Waals surface area contributed by atoms with Gasteiger partial charge in [0.15, 0.2) is 0 Å². The van der Waals surface area contributed by atoms with E-state index in [0.29, 0.717) is 0 Å². The summed E-state index contributed by atoms with van der Waals surface area (Å²) in [6.07, 6.45) is -1.08. The molecule has 0 heterocycles. The average Bonchev–Trinajstić information content (AvgIpc) is 1.55. The molecule has 0 amide bonds. The summed E-state index contributed by atoms with van der Waals surface area (Å²) in [6, 6.07) is 0. The van der Waals surface area contributed by atoms with Crippen LogP contribution in [0.25, 0.3) is 0 Å². The summed E-state index contributed by atoms with van der Waals surface area (Å²) in [5, 5.41) is 0. The lowest BCUT2D eigenvalue weighted by Crippen LogP contribution is -2.67. The number of rotatable bonds is 1. The molecule has 0 radical (unpaired) electrons. The van der Waals surface area contributed by atoms with Gasteiger partial charge < -0.3 is 5.73 Å². The van der Waals surface area contributed by atoms with E-state index in [1.165, 1.54) is 13.8 Å². The lowest BCUT2D eigenvalue weighted by molar-refractivity contribution is -0.160. The number of nitrogens with two attached hydrogens (primary N) is 1. The smallest absolute Gasteiger partial charge is 0.251 e.